The summed E-state index contributed by atoms with van der Waals surface area (Å²) < 4.78 is 41.6. The van der Waals surface area contributed by atoms with E-state index in [0.717, 1.165) is 12.8 Å². The van der Waals surface area contributed by atoms with Gasteiger partial charge in [0.05, 0.1) is 16.5 Å². The van der Waals surface area contributed by atoms with Gasteiger partial charge >= 0.3 is 6.18 Å². The highest BCUT2D eigenvalue weighted by Gasteiger charge is 2.36. The largest absolute Gasteiger partial charge is 0.421 e. The molecule has 0 unspecified atom stereocenters. The van der Waals surface area contributed by atoms with Crippen LogP contribution in [-0.4, -0.2) is 14.5 Å². The fourth-order valence-corrected chi connectivity index (χ4v) is 3.65. The molecule has 0 bridgehead atoms. The summed E-state index contributed by atoms with van der Waals surface area (Å²) in [6.45, 7) is 1.67. The number of aromatic nitrogens is 3. The van der Waals surface area contributed by atoms with Gasteiger partial charge in [0, 0.05) is 17.9 Å². The minimum Gasteiger partial charge on any atom is -0.368 e. The summed E-state index contributed by atoms with van der Waals surface area (Å²) >= 11 is 6.22. The van der Waals surface area contributed by atoms with Crippen molar-refractivity contribution in [2.24, 2.45) is 0 Å². The van der Waals surface area contributed by atoms with Crippen LogP contribution in [0, 0.1) is 0 Å². The number of nitrogens with two attached hydrogens (primary N) is 1. The Labute approximate surface area is 168 Å². The number of halogens is 4. The van der Waals surface area contributed by atoms with E-state index in [9.17, 15) is 18.0 Å². The van der Waals surface area contributed by atoms with Crippen LogP contribution in [0.5, 0.6) is 0 Å². The van der Waals surface area contributed by atoms with E-state index in [-0.39, 0.29) is 17.5 Å². The lowest BCUT2D eigenvalue weighted by atomic mass is 10.1. The van der Waals surface area contributed by atoms with Crippen molar-refractivity contribution < 1.29 is 13.2 Å². The van der Waals surface area contributed by atoms with Crippen molar-refractivity contribution in [1.82, 2.24) is 14.5 Å². The van der Waals surface area contributed by atoms with Crippen molar-refractivity contribution in [2.75, 3.05) is 11.1 Å². The Balaban J connectivity index is 1.83. The summed E-state index contributed by atoms with van der Waals surface area (Å²) in [6, 6.07) is 6.24. The van der Waals surface area contributed by atoms with Gasteiger partial charge in [-0.2, -0.15) is 18.2 Å². The third-order valence-corrected chi connectivity index (χ3v) is 5.20. The molecule has 3 aromatic rings. The van der Waals surface area contributed by atoms with E-state index in [4.69, 9.17) is 17.3 Å². The van der Waals surface area contributed by atoms with Crippen LogP contribution in [0.2, 0.25) is 5.02 Å². The normalized spacial score (nSPS) is 15.5. The number of anilines is 2. The van der Waals surface area contributed by atoms with Gasteiger partial charge in [-0.15, -0.1) is 0 Å². The monoisotopic (exact) mass is 423 g/mol. The molecule has 1 aliphatic rings. The average molecular weight is 424 g/mol. The highest BCUT2D eigenvalue weighted by atomic mass is 35.5. The van der Waals surface area contributed by atoms with Crippen LogP contribution in [-0.2, 0) is 6.18 Å². The van der Waals surface area contributed by atoms with Gasteiger partial charge < -0.3 is 15.6 Å². The predicted molar refractivity (Wildman–Crippen MR) is 105 cm³/mol. The average Bonchev–Trinajstić information content (AvgIpc) is 3.45. The quantitative estimate of drug-likeness (QED) is 0.642. The molecule has 0 radical (unpaired) electrons. The summed E-state index contributed by atoms with van der Waals surface area (Å²) in [7, 11) is 0. The second kappa shape index (κ2) is 6.91. The second-order valence-corrected chi connectivity index (χ2v) is 7.44. The van der Waals surface area contributed by atoms with E-state index < -0.39 is 23.6 Å². The number of nitrogens with one attached hydrogen (secondary N) is 1. The first-order chi connectivity index (χ1) is 13.7. The molecule has 3 N–H and O–H groups in total. The van der Waals surface area contributed by atoms with Gasteiger partial charge in [-0.25, -0.2) is 4.98 Å². The van der Waals surface area contributed by atoms with Gasteiger partial charge in [-0.05, 0) is 37.3 Å². The summed E-state index contributed by atoms with van der Waals surface area (Å²) in [4.78, 5) is 20.3. The molecule has 1 fully saturated rings. The minimum atomic E-state index is -4.65. The Bertz CT molecular complexity index is 1160. The van der Waals surface area contributed by atoms with E-state index in [1.165, 1.54) is 0 Å². The zero-order chi connectivity index (χ0) is 20.9. The molecule has 0 saturated heterocycles. The van der Waals surface area contributed by atoms with E-state index >= 15 is 0 Å². The predicted octanol–water partition coefficient (Wildman–Crippen LogP) is 4.55. The lowest BCUT2D eigenvalue weighted by molar-refractivity contribution is -0.137. The number of hydrogen-bond acceptors (Lipinski definition) is 5. The number of fused-ring (bicyclic) bond motifs is 1. The lowest BCUT2D eigenvalue weighted by Crippen LogP contribution is -2.27. The molecule has 1 saturated carbocycles. The molecule has 2 aromatic heterocycles. The number of rotatable bonds is 4. The number of benzene rings is 1. The fraction of sp³-hybridized carbons (Fsp3) is 0.316. The fourth-order valence-electron chi connectivity index (χ4n) is 3.39. The molecule has 1 atom stereocenters. The first-order valence-corrected chi connectivity index (χ1v) is 9.34. The van der Waals surface area contributed by atoms with E-state index in [1.54, 1.807) is 35.8 Å². The molecule has 1 aliphatic carbocycles. The Hall–Kier alpha value is -2.81. The van der Waals surface area contributed by atoms with Gasteiger partial charge in [-0.1, -0.05) is 23.7 Å². The summed E-state index contributed by atoms with van der Waals surface area (Å²) in [5.74, 6) is -0.712. The molecule has 6 nitrogen and oxygen atoms in total. The smallest absolute Gasteiger partial charge is 0.368 e. The van der Waals surface area contributed by atoms with Gasteiger partial charge in [0.1, 0.15) is 11.4 Å². The third kappa shape index (κ3) is 3.62. The highest BCUT2D eigenvalue weighted by Crippen LogP contribution is 2.39. The van der Waals surface area contributed by atoms with E-state index in [2.05, 4.69) is 15.3 Å². The third-order valence-electron chi connectivity index (χ3n) is 4.88. The van der Waals surface area contributed by atoms with Crippen molar-refractivity contribution in [1.29, 1.82) is 0 Å². The van der Waals surface area contributed by atoms with Crippen molar-refractivity contribution in [3.05, 3.63) is 57.1 Å². The molecule has 10 heteroatoms. The van der Waals surface area contributed by atoms with Crippen LogP contribution in [0.4, 0.5) is 24.9 Å². The SMILES string of the molecule is C[C@H](Nc1nc(N)ncc1C(F)(F)F)c1cc2cccc(Cl)c2c(=O)n1C1CC1. The second-order valence-electron chi connectivity index (χ2n) is 7.03. The molecule has 152 valence electrons. The molecule has 0 aliphatic heterocycles. The van der Waals surface area contributed by atoms with Crippen LogP contribution < -0.4 is 16.6 Å². The Morgan fingerprint density at radius 2 is 2.07 bits per heavy atom. The van der Waals surface area contributed by atoms with Crippen LogP contribution >= 0.6 is 11.6 Å². The van der Waals surface area contributed by atoms with Gasteiger partial charge in [0.15, 0.2) is 0 Å². The summed E-state index contributed by atoms with van der Waals surface area (Å²) in [6.07, 6.45) is -2.36. The number of nitrogens with zero attached hydrogens (tertiary/aromatic N) is 3. The summed E-state index contributed by atoms with van der Waals surface area (Å²) in [5, 5.41) is 4.13. The van der Waals surface area contributed by atoms with Crippen molar-refractivity contribution in [3.8, 4) is 0 Å². The number of pyridine rings is 1. The molecule has 29 heavy (non-hydrogen) atoms. The zero-order valence-corrected chi connectivity index (χ0v) is 16.1. The van der Waals surface area contributed by atoms with E-state index in [1.807, 2.05) is 0 Å². The van der Waals surface area contributed by atoms with Crippen molar-refractivity contribution in [3.63, 3.8) is 0 Å². The molecule has 0 spiro atoms. The molecule has 2 heterocycles. The van der Waals surface area contributed by atoms with Crippen LogP contribution in [0.1, 0.15) is 43.1 Å². The summed E-state index contributed by atoms with van der Waals surface area (Å²) in [5.41, 5.74) is 4.76. The molecule has 1 aromatic carbocycles. The van der Waals surface area contributed by atoms with Crippen molar-refractivity contribution in [2.45, 2.75) is 38.0 Å². The number of alkyl halides is 3. The highest BCUT2D eigenvalue weighted by molar-refractivity contribution is 6.35. The Morgan fingerprint density at radius 3 is 2.72 bits per heavy atom. The first kappa shape index (κ1) is 19.5. The van der Waals surface area contributed by atoms with Gasteiger partial charge in [0.25, 0.3) is 5.56 Å². The standard InChI is InChI=1S/C19H17ClF3N5O/c1-9(26-16-12(19(21,22)23)8-25-18(24)27-16)14-7-10-3-2-4-13(20)15(10)17(29)28(14)11-5-6-11/h2-4,7-9,11H,5-6H2,1H3,(H3,24,25,26,27)/t9-/m0/s1. The molecular formula is C19H17ClF3N5O. The van der Waals surface area contributed by atoms with Crippen LogP contribution in [0.25, 0.3) is 10.8 Å². The minimum absolute atomic E-state index is 0.0000204. The maximum absolute atomic E-state index is 13.3. The number of hydrogen-bond donors (Lipinski definition) is 2. The van der Waals surface area contributed by atoms with Crippen molar-refractivity contribution >= 4 is 34.1 Å². The number of nitrogen functional groups attached to an aromatic ring is 1. The zero-order valence-electron chi connectivity index (χ0n) is 15.3. The molecule has 0 amide bonds. The van der Waals surface area contributed by atoms with Gasteiger partial charge in [-0.3, -0.25) is 4.79 Å². The van der Waals surface area contributed by atoms with Crippen LogP contribution in [0.15, 0.2) is 35.3 Å². The van der Waals surface area contributed by atoms with Gasteiger partial charge in [0.2, 0.25) is 5.95 Å². The molecule has 4 rings (SSSR count). The first-order valence-electron chi connectivity index (χ1n) is 8.96. The maximum Gasteiger partial charge on any atom is 0.421 e. The maximum atomic E-state index is 13.3. The molecular weight excluding hydrogens is 407 g/mol. The van der Waals surface area contributed by atoms with Crippen LogP contribution in [0.3, 0.4) is 0 Å². The van der Waals surface area contributed by atoms with E-state index in [0.29, 0.717) is 27.7 Å². The Kier molecular flexibility index (Phi) is 4.65. The lowest BCUT2D eigenvalue weighted by Gasteiger charge is -2.23. The topological polar surface area (TPSA) is 85.8 Å². The Morgan fingerprint density at radius 1 is 1.34 bits per heavy atom.